The van der Waals surface area contributed by atoms with E-state index in [1.807, 2.05) is 0 Å². The molecule has 2 aromatic rings. The molecule has 0 saturated carbocycles. The second-order valence-corrected chi connectivity index (χ2v) is 5.55. The summed E-state index contributed by atoms with van der Waals surface area (Å²) in [5, 5.41) is 12.0. The maximum Gasteiger partial charge on any atom is 0.340 e. The summed E-state index contributed by atoms with van der Waals surface area (Å²) in [6.45, 7) is 1.69. The van der Waals surface area contributed by atoms with Crippen LogP contribution in [0.3, 0.4) is 0 Å². The molecule has 0 aliphatic heterocycles. The third-order valence-electron chi connectivity index (χ3n) is 3.56. The summed E-state index contributed by atoms with van der Waals surface area (Å²) in [5.74, 6) is -1.09. The first kappa shape index (κ1) is 17.8. The molecule has 8 heteroatoms. The van der Waals surface area contributed by atoms with Crippen molar-refractivity contribution in [3.8, 4) is 5.75 Å². The lowest BCUT2D eigenvalue weighted by Gasteiger charge is -2.10. The van der Waals surface area contributed by atoms with E-state index in [1.165, 1.54) is 13.2 Å². The van der Waals surface area contributed by atoms with Crippen molar-refractivity contribution in [2.24, 2.45) is 0 Å². The highest BCUT2D eigenvalue weighted by molar-refractivity contribution is 6.32. The van der Waals surface area contributed by atoms with E-state index < -0.39 is 17.5 Å². The molecular formula is C16H16ClNO6. The van der Waals surface area contributed by atoms with Gasteiger partial charge in [0.25, 0.3) is 0 Å². The number of halogens is 1. The van der Waals surface area contributed by atoms with Crippen molar-refractivity contribution in [1.82, 2.24) is 5.32 Å². The molecule has 1 aromatic carbocycles. The van der Waals surface area contributed by atoms with Crippen LogP contribution in [0.5, 0.6) is 5.75 Å². The van der Waals surface area contributed by atoms with Crippen molar-refractivity contribution in [2.45, 2.75) is 19.8 Å². The molecule has 7 nitrogen and oxygen atoms in total. The Bertz CT molecular complexity index is 858. The molecule has 0 fully saturated rings. The number of hydrogen-bond acceptors (Lipinski definition) is 5. The largest absolute Gasteiger partial charge is 0.495 e. The standard InChI is InChI=1S/C16H16ClNO6/c1-8-9-5-11(17)13(23-2)7-12(9)24-16(22)10(8)6-14(19)18-4-3-15(20)21/h5,7H,3-4,6H2,1-2H3,(H,18,19)(H,20,21). The highest BCUT2D eigenvalue weighted by Crippen LogP contribution is 2.31. The van der Waals surface area contributed by atoms with E-state index in [2.05, 4.69) is 5.32 Å². The third-order valence-corrected chi connectivity index (χ3v) is 3.85. The molecular weight excluding hydrogens is 338 g/mol. The molecule has 128 valence electrons. The lowest BCUT2D eigenvalue weighted by molar-refractivity contribution is -0.136. The summed E-state index contributed by atoms with van der Waals surface area (Å²) >= 11 is 6.09. The number of aryl methyl sites for hydroxylation is 1. The SMILES string of the molecule is COc1cc2oc(=O)c(CC(=O)NCCC(=O)O)c(C)c2cc1Cl. The van der Waals surface area contributed by atoms with E-state index in [0.717, 1.165) is 0 Å². The first-order valence-corrected chi connectivity index (χ1v) is 7.49. The van der Waals surface area contributed by atoms with Crippen LogP contribution in [0.25, 0.3) is 11.0 Å². The fourth-order valence-electron chi connectivity index (χ4n) is 2.28. The fraction of sp³-hybridized carbons (Fsp3) is 0.312. The van der Waals surface area contributed by atoms with Crippen molar-refractivity contribution in [2.75, 3.05) is 13.7 Å². The molecule has 0 radical (unpaired) electrons. The van der Waals surface area contributed by atoms with E-state index in [-0.39, 0.29) is 24.9 Å². The molecule has 1 amide bonds. The Morgan fingerprint density at radius 2 is 2.08 bits per heavy atom. The van der Waals surface area contributed by atoms with Crippen LogP contribution in [0.1, 0.15) is 17.5 Å². The third kappa shape index (κ3) is 3.86. The monoisotopic (exact) mass is 353 g/mol. The smallest absolute Gasteiger partial charge is 0.340 e. The zero-order valence-corrected chi connectivity index (χ0v) is 13.9. The number of carbonyl (C=O) groups is 2. The van der Waals surface area contributed by atoms with Gasteiger partial charge in [-0.15, -0.1) is 0 Å². The number of nitrogens with one attached hydrogen (secondary N) is 1. The van der Waals surface area contributed by atoms with Gasteiger partial charge in [-0.2, -0.15) is 0 Å². The average molecular weight is 354 g/mol. The number of fused-ring (bicyclic) bond motifs is 1. The molecule has 2 rings (SSSR count). The molecule has 0 aliphatic rings. The van der Waals surface area contributed by atoms with Crippen molar-refractivity contribution in [3.05, 3.63) is 38.7 Å². The quantitative estimate of drug-likeness (QED) is 0.768. The average Bonchev–Trinajstić information content (AvgIpc) is 2.51. The Morgan fingerprint density at radius 3 is 2.71 bits per heavy atom. The topological polar surface area (TPSA) is 106 Å². The van der Waals surface area contributed by atoms with Crippen LogP contribution >= 0.6 is 11.6 Å². The Morgan fingerprint density at radius 1 is 1.38 bits per heavy atom. The number of carbonyl (C=O) groups excluding carboxylic acids is 1. The predicted octanol–water partition coefficient (Wildman–Crippen LogP) is 1.90. The number of benzene rings is 1. The number of hydrogen-bond donors (Lipinski definition) is 2. The normalized spacial score (nSPS) is 10.6. The van der Waals surface area contributed by atoms with Gasteiger partial charge in [0.1, 0.15) is 11.3 Å². The Kier molecular flexibility index (Phi) is 5.46. The summed E-state index contributed by atoms with van der Waals surface area (Å²) in [6, 6.07) is 3.13. The van der Waals surface area contributed by atoms with Gasteiger partial charge in [0.2, 0.25) is 5.91 Å². The van der Waals surface area contributed by atoms with E-state index in [1.54, 1.807) is 13.0 Å². The van der Waals surface area contributed by atoms with E-state index in [9.17, 15) is 14.4 Å². The minimum atomic E-state index is -1.01. The molecule has 1 heterocycles. The fourth-order valence-corrected chi connectivity index (χ4v) is 2.52. The van der Waals surface area contributed by atoms with Crippen LogP contribution in [0, 0.1) is 6.92 Å². The molecule has 0 bridgehead atoms. The van der Waals surface area contributed by atoms with Crippen molar-refractivity contribution >= 4 is 34.4 Å². The Balaban J connectivity index is 2.32. The number of aliphatic carboxylic acids is 1. The first-order valence-electron chi connectivity index (χ1n) is 7.11. The van der Waals surface area contributed by atoms with E-state index in [4.69, 9.17) is 25.9 Å². The number of ether oxygens (including phenoxy) is 1. The molecule has 0 spiro atoms. The number of carboxylic acids is 1. The number of amides is 1. The van der Waals surface area contributed by atoms with Gasteiger partial charge in [0.05, 0.1) is 30.5 Å². The van der Waals surface area contributed by atoms with Gasteiger partial charge in [-0.05, 0) is 18.6 Å². The first-order chi connectivity index (χ1) is 11.3. The predicted molar refractivity (Wildman–Crippen MR) is 87.7 cm³/mol. The molecule has 0 aliphatic carbocycles. The zero-order valence-electron chi connectivity index (χ0n) is 13.1. The lowest BCUT2D eigenvalue weighted by Crippen LogP contribution is -2.29. The maximum atomic E-state index is 12.1. The molecule has 0 saturated heterocycles. The number of methoxy groups -OCH3 is 1. The summed E-state index contributed by atoms with van der Waals surface area (Å²) in [7, 11) is 1.45. The number of carboxylic acid groups (broad SMARTS) is 1. The van der Waals surface area contributed by atoms with Crippen LogP contribution in [0.4, 0.5) is 0 Å². The van der Waals surface area contributed by atoms with Crippen LogP contribution in [-0.2, 0) is 16.0 Å². The van der Waals surface area contributed by atoms with E-state index in [0.29, 0.717) is 27.3 Å². The summed E-state index contributed by atoms with van der Waals surface area (Å²) in [5.41, 5.74) is 0.474. The second kappa shape index (κ2) is 7.35. The number of rotatable bonds is 6. The molecule has 2 N–H and O–H groups in total. The van der Waals surface area contributed by atoms with Crippen molar-refractivity contribution < 1.29 is 23.8 Å². The Labute approximate surface area is 142 Å². The van der Waals surface area contributed by atoms with Crippen LogP contribution in [0.2, 0.25) is 5.02 Å². The van der Waals surface area contributed by atoms with Crippen LogP contribution < -0.4 is 15.7 Å². The summed E-state index contributed by atoms with van der Waals surface area (Å²) in [4.78, 5) is 34.5. The molecule has 0 atom stereocenters. The summed E-state index contributed by atoms with van der Waals surface area (Å²) < 4.78 is 10.3. The Hall–Kier alpha value is -2.54. The van der Waals surface area contributed by atoms with Crippen LogP contribution in [0.15, 0.2) is 21.3 Å². The van der Waals surface area contributed by atoms with Crippen LogP contribution in [-0.4, -0.2) is 30.6 Å². The van der Waals surface area contributed by atoms with Gasteiger partial charge in [0.15, 0.2) is 0 Å². The van der Waals surface area contributed by atoms with E-state index >= 15 is 0 Å². The lowest BCUT2D eigenvalue weighted by atomic mass is 10.0. The van der Waals surface area contributed by atoms with Gasteiger partial charge < -0.3 is 19.6 Å². The van der Waals surface area contributed by atoms with Crippen molar-refractivity contribution in [3.63, 3.8) is 0 Å². The minimum absolute atomic E-state index is 0.00481. The van der Waals surface area contributed by atoms with Gasteiger partial charge in [-0.3, -0.25) is 9.59 Å². The second-order valence-electron chi connectivity index (χ2n) is 5.15. The molecule has 1 aromatic heterocycles. The van der Waals surface area contributed by atoms with Gasteiger partial charge >= 0.3 is 11.6 Å². The van der Waals surface area contributed by atoms with Gasteiger partial charge in [0, 0.05) is 18.0 Å². The van der Waals surface area contributed by atoms with Crippen molar-refractivity contribution in [1.29, 1.82) is 0 Å². The zero-order chi connectivity index (χ0) is 17.9. The minimum Gasteiger partial charge on any atom is -0.495 e. The highest BCUT2D eigenvalue weighted by Gasteiger charge is 2.16. The van der Waals surface area contributed by atoms with Gasteiger partial charge in [-0.1, -0.05) is 11.6 Å². The molecule has 0 unspecified atom stereocenters. The highest BCUT2D eigenvalue weighted by atomic mass is 35.5. The maximum absolute atomic E-state index is 12.1. The van der Waals surface area contributed by atoms with Gasteiger partial charge in [-0.25, -0.2) is 4.79 Å². The summed E-state index contributed by atoms with van der Waals surface area (Å²) in [6.07, 6.45) is -0.389. The molecule has 24 heavy (non-hydrogen) atoms.